The van der Waals surface area contributed by atoms with E-state index < -0.39 is 32.3 Å². The maximum absolute atomic E-state index is 12.9. The van der Waals surface area contributed by atoms with Gasteiger partial charge in [0.05, 0.1) is 11.1 Å². The van der Waals surface area contributed by atoms with Crippen molar-refractivity contribution in [3.63, 3.8) is 0 Å². The van der Waals surface area contributed by atoms with Crippen molar-refractivity contribution >= 4 is 8.80 Å². The molecule has 0 saturated carbocycles. The Balaban J connectivity index is 2.72. The molecule has 0 aromatic heterocycles. The molecule has 0 radical (unpaired) electrons. The van der Waals surface area contributed by atoms with Crippen LogP contribution < -0.4 is 0 Å². The van der Waals surface area contributed by atoms with Crippen LogP contribution in [0.15, 0.2) is 18.2 Å². The highest BCUT2D eigenvalue weighted by Crippen LogP contribution is 2.36. The third-order valence-corrected chi connectivity index (χ3v) is 7.02. The van der Waals surface area contributed by atoms with E-state index >= 15 is 0 Å². The van der Waals surface area contributed by atoms with Gasteiger partial charge >= 0.3 is 21.2 Å². The van der Waals surface area contributed by atoms with E-state index in [0.717, 1.165) is 12.1 Å². The Labute approximate surface area is 156 Å². The van der Waals surface area contributed by atoms with Crippen LogP contribution in [0.3, 0.4) is 0 Å². The second-order valence-corrected chi connectivity index (χ2v) is 8.97. The SMILES string of the molecule is CCO[Si](CCCCCc1cc(C(F)(F)F)cc(C(F)(F)F)c1)(OC)OC. The summed E-state index contributed by atoms with van der Waals surface area (Å²) >= 11 is 0. The fourth-order valence-electron chi connectivity index (χ4n) is 2.71. The van der Waals surface area contributed by atoms with Crippen LogP contribution in [0.4, 0.5) is 26.3 Å². The molecule has 0 aliphatic heterocycles. The molecule has 0 N–H and O–H groups in total. The molecule has 0 aliphatic rings. The van der Waals surface area contributed by atoms with Crippen molar-refractivity contribution in [3.05, 3.63) is 34.9 Å². The van der Waals surface area contributed by atoms with E-state index in [2.05, 4.69) is 0 Å². The minimum atomic E-state index is -4.82. The summed E-state index contributed by atoms with van der Waals surface area (Å²) in [5.74, 6) is 0. The molecule has 0 spiro atoms. The number of aryl methyl sites for hydroxylation is 1. The minimum absolute atomic E-state index is 0.0175. The van der Waals surface area contributed by atoms with Crippen molar-refractivity contribution in [2.24, 2.45) is 0 Å². The second-order valence-electron chi connectivity index (χ2n) is 6.00. The van der Waals surface area contributed by atoms with E-state index in [0.29, 0.717) is 31.9 Å². The predicted molar refractivity (Wildman–Crippen MR) is 90.2 cm³/mol. The quantitative estimate of drug-likeness (QED) is 0.277. The van der Waals surface area contributed by atoms with E-state index in [4.69, 9.17) is 13.3 Å². The molecule has 0 amide bonds. The highest BCUT2D eigenvalue weighted by atomic mass is 28.4. The van der Waals surface area contributed by atoms with Gasteiger partial charge in [0, 0.05) is 26.9 Å². The first-order valence-electron chi connectivity index (χ1n) is 8.50. The summed E-state index contributed by atoms with van der Waals surface area (Å²) in [6.07, 6.45) is -7.84. The van der Waals surface area contributed by atoms with Crippen LogP contribution in [0, 0.1) is 0 Å². The van der Waals surface area contributed by atoms with Gasteiger partial charge in [-0.15, -0.1) is 0 Å². The molecule has 0 saturated heterocycles. The van der Waals surface area contributed by atoms with Crippen molar-refractivity contribution in [2.75, 3.05) is 20.8 Å². The van der Waals surface area contributed by atoms with E-state index in [9.17, 15) is 26.3 Å². The Morgan fingerprint density at radius 1 is 0.815 bits per heavy atom. The first kappa shape index (κ1) is 23.9. The standard InChI is InChI=1S/C17H24F6O3Si/c1-4-26-27(24-2,25-3)9-7-5-6-8-13-10-14(16(18,19)20)12-15(11-13)17(21,22)23/h10-12H,4-9H2,1-3H3. The van der Waals surface area contributed by atoms with Crippen LogP contribution in [-0.2, 0) is 32.1 Å². The van der Waals surface area contributed by atoms with E-state index in [-0.39, 0.29) is 18.1 Å². The molecule has 156 valence electrons. The molecule has 0 aliphatic carbocycles. The number of rotatable bonds is 10. The maximum Gasteiger partial charge on any atom is 0.500 e. The van der Waals surface area contributed by atoms with Crippen LogP contribution in [0.25, 0.3) is 0 Å². The van der Waals surface area contributed by atoms with Crippen LogP contribution in [0.5, 0.6) is 0 Å². The molecule has 1 aromatic rings. The summed E-state index contributed by atoms with van der Waals surface area (Å²) in [6.45, 7) is 2.24. The van der Waals surface area contributed by atoms with Crippen LogP contribution >= 0.6 is 0 Å². The van der Waals surface area contributed by atoms with Gasteiger partial charge in [-0.1, -0.05) is 6.42 Å². The van der Waals surface area contributed by atoms with Gasteiger partial charge in [0.25, 0.3) is 0 Å². The highest BCUT2D eigenvalue weighted by molar-refractivity contribution is 6.60. The Hall–Kier alpha value is -1.10. The van der Waals surface area contributed by atoms with Gasteiger partial charge in [-0.25, -0.2) is 0 Å². The van der Waals surface area contributed by atoms with Crippen molar-refractivity contribution in [2.45, 2.75) is 51.0 Å². The fourth-order valence-corrected chi connectivity index (χ4v) is 4.79. The summed E-state index contributed by atoms with van der Waals surface area (Å²) in [7, 11) is 0.248. The molecule has 0 unspecified atom stereocenters. The van der Waals surface area contributed by atoms with Crippen molar-refractivity contribution in [1.82, 2.24) is 0 Å². The molecule has 0 heterocycles. The average Bonchev–Trinajstić information content (AvgIpc) is 2.59. The van der Waals surface area contributed by atoms with E-state index in [1.165, 1.54) is 14.2 Å². The van der Waals surface area contributed by atoms with Crippen molar-refractivity contribution in [3.8, 4) is 0 Å². The molecule has 10 heteroatoms. The molecule has 1 rings (SSSR count). The van der Waals surface area contributed by atoms with Crippen LogP contribution in [0.2, 0.25) is 6.04 Å². The lowest BCUT2D eigenvalue weighted by molar-refractivity contribution is -0.143. The molecule has 0 fully saturated rings. The van der Waals surface area contributed by atoms with E-state index in [1.807, 2.05) is 6.92 Å². The van der Waals surface area contributed by atoms with E-state index in [1.54, 1.807) is 0 Å². The number of halogens is 6. The lowest BCUT2D eigenvalue weighted by Gasteiger charge is -2.25. The zero-order valence-electron chi connectivity index (χ0n) is 15.5. The largest absolute Gasteiger partial charge is 0.500 e. The summed E-state index contributed by atoms with van der Waals surface area (Å²) < 4.78 is 93.4. The van der Waals surface area contributed by atoms with Gasteiger partial charge in [0.15, 0.2) is 0 Å². The molecule has 27 heavy (non-hydrogen) atoms. The number of benzene rings is 1. The molecule has 0 atom stereocenters. The van der Waals surface area contributed by atoms with Crippen LogP contribution in [-0.4, -0.2) is 29.6 Å². The zero-order valence-corrected chi connectivity index (χ0v) is 16.5. The summed E-state index contributed by atoms with van der Waals surface area (Å²) in [6, 6.07) is 2.23. The first-order valence-corrected chi connectivity index (χ1v) is 10.4. The average molecular weight is 418 g/mol. The predicted octanol–water partition coefficient (Wildman–Crippen LogP) is 5.71. The monoisotopic (exact) mass is 418 g/mol. The van der Waals surface area contributed by atoms with Crippen molar-refractivity contribution in [1.29, 1.82) is 0 Å². The van der Waals surface area contributed by atoms with Gasteiger partial charge < -0.3 is 13.3 Å². The molecular weight excluding hydrogens is 394 g/mol. The van der Waals surface area contributed by atoms with Gasteiger partial charge in [0.1, 0.15) is 0 Å². The Morgan fingerprint density at radius 2 is 1.33 bits per heavy atom. The lowest BCUT2D eigenvalue weighted by atomic mass is 10.0. The van der Waals surface area contributed by atoms with Crippen LogP contribution in [0.1, 0.15) is 42.9 Å². The topological polar surface area (TPSA) is 27.7 Å². The van der Waals surface area contributed by atoms with Gasteiger partial charge in [-0.2, -0.15) is 26.3 Å². The Morgan fingerprint density at radius 3 is 1.74 bits per heavy atom. The Kier molecular flexibility index (Phi) is 8.78. The molecular formula is C17H24F6O3Si. The highest BCUT2D eigenvalue weighted by Gasteiger charge is 2.38. The third kappa shape index (κ3) is 7.44. The third-order valence-electron chi connectivity index (χ3n) is 4.08. The van der Waals surface area contributed by atoms with Crippen molar-refractivity contribution < 1.29 is 39.6 Å². The second kappa shape index (κ2) is 9.90. The van der Waals surface area contributed by atoms with Gasteiger partial charge in [-0.05, 0) is 49.9 Å². The van der Waals surface area contributed by atoms with Gasteiger partial charge in [-0.3, -0.25) is 0 Å². The fraction of sp³-hybridized carbons (Fsp3) is 0.647. The maximum atomic E-state index is 12.9. The number of alkyl halides is 6. The summed E-state index contributed by atoms with van der Waals surface area (Å²) in [5, 5.41) is 0. The molecule has 3 nitrogen and oxygen atoms in total. The van der Waals surface area contributed by atoms with Gasteiger partial charge in [0.2, 0.25) is 0 Å². The minimum Gasteiger partial charge on any atom is -0.377 e. The number of unbranched alkanes of at least 4 members (excludes halogenated alkanes) is 2. The molecule has 1 aromatic carbocycles. The molecule has 0 bridgehead atoms. The lowest BCUT2D eigenvalue weighted by Crippen LogP contribution is -2.43. The summed E-state index contributed by atoms with van der Waals surface area (Å²) in [5.41, 5.74) is -2.55. The number of hydrogen-bond acceptors (Lipinski definition) is 3. The number of hydrogen-bond donors (Lipinski definition) is 0. The normalized spacial score (nSPS) is 13.2. The smallest absolute Gasteiger partial charge is 0.377 e. The Bertz CT molecular complexity index is 553. The zero-order chi connectivity index (χ0) is 20.7. The summed E-state index contributed by atoms with van der Waals surface area (Å²) in [4.78, 5) is 0. The first-order chi connectivity index (χ1) is 12.5.